The number of hydrogen-bond donors (Lipinski definition) is 4. The minimum Gasteiger partial charge on any atom is -0.446 e. The highest BCUT2D eigenvalue weighted by atomic mass is 16.6. The van der Waals surface area contributed by atoms with Gasteiger partial charge < -0.3 is 18.9 Å². The fourth-order valence-electron chi connectivity index (χ4n) is 5.87. The first-order valence-corrected chi connectivity index (χ1v) is 19.6. The van der Waals surface area contributed by atoms with Crippen molar-refractivity contribution < 1.29 is 38.1 Å². The Kier molecular flexibility index (Phi) is 15.9. The summed E-state index contributed by atoms with van der Waals surface area (Å²) in [6.07, 6.45) is -0.439. The highest BCUT2D eigenvalue weighted by Crippen LogP contribution is 2.46. The van der Waals surface area contributed by atoms with Crippen LogP contribution in [0.25, 0.3) is 0 Å². The van der Waals surface area contributed by atoms with E-state index in [2.05, 4.69) is 21.3 Å². The molecule has 4 amide bonds. The number of anilines is 4. The number of hydrogen-bond acceptors (Lipinski definition) is 8. The van der Waals surface area contributed by atoms with Crippen LogP contribution < -0.4 is 21.3 Å². The molecule has 0 aromatic heterocycles. The summed E-state index contributed by atoms with van der Waals surface area (Å²) in [6, 6.07) is 29.9. The van der Waals surface area contributed by atoms with Crippen LogP contribution in [0.5, 0.6) is 0 Å². The molecule has 304 valence electrons. The zero-order valence-electron chi connectivity index (χ0n) is 34.1. The highest BCUT2D eigenvalue weighted by molar-refractivity contribution is 5.87. The van der Waals surface area contributed by atoms with E-state index in [1.165, 1.54) is 0 Å². The topological polar surface area (TPSA) is 153 Å². The Hall–Kier alpha value is -6.04. The predicted octanol–water partition coefficient (Wildman–Crippen LogP) is 11.5. The van der Waals surface area contributed by atoms with Gasteiger partial charge in [0.2, 0.25) is 0 Å². The van der Waals surface area contributed by atoms with E-state index in [4.69, 9.17) is 18.9 Å². The van der Waals surface area contributed by atoms with Crippen LogP contribution in [0.4, 0.5) is 41.9 Å². The molecule has 4 aromatic carbocycles. The minimum atomic E-state index is -1.02. The Balaban J connectivity index is 1.87. The van der Waals surface area contributed by atoms with E-state index in [-0.39, 0.29) is 24.4 Å². The molecule has 4 aromatic rings. The van der Waals surface area contributed by atoms with E-state index >= 15 is 0 Å². The van der Waals surface area contributed by atoms with Gasteiger partial charge in [0, 0.05) is 22.7 Å². The Morgan fingerprint density at radius 2 is 0.561 bits per heavy atom. The summed E-state index contributed by atoms with van der Waals surface area (Å²) in [6.45, 7) is 15.1. The number of rotatable bonds is 16. The quantitative estimate of drug-likeness (QED) is 0.0647. The second-order valence-corrected chi connectivity index (χ2v) is 14.1. The van der Waals surface area contributed by atoms with Crippen LogP contribution in [0.2, 0.25) is 0 Å². The Bertz CT molecular complexity index is 1630. The van der Waals surface area contributed by atoms with Gasteiger partial charge >= 0.3 is 24.4 Å². The molecule has 0 aliphatic carbocycles. The van der Waals surface area contributed by atoms with E-state index in [0.29, 0.717) is 48.4 Å². The number of benzene rings is 4. The van der Waals surface area contributed by atoms with Gasteiger partial charge in [0.15, 0.2) is 0 Å². The molecule has 0 spiro atoms. The fraction of sp³-hybridized carbons (Fsp3) is 0.378. The van der Waals surface area contributed by atoms with Crippen molar-refractivity contribution in [1.29, 1.82) is 0 Å². The molecular formula is C45H56N4O8. The molecule has 0 unspecified atom stereocenters. The average molecular weight is 781 g/mol. The van der Waals surface area contributed by atoms with Crippen LogP contribution in [0.3, 0.4) is 0 Å². The normalized spacial score (nSPS) is 13.2. The summed E-state index contributed by atoms with van der Waals surface area (Å²) < 4.78 is 21.8. The van der Waals surface area contributed by atoms with E-state index in [1.54, 1.807) is 0 Å². The number of nitrogens with one attached hydrogen (secondary N) is 4. The lowest BCUT2D eigenvalue weighted by molar-refractivity contribution is 0.117. The van der Waals surface area contributed by atoms with Gasteiger partial charge in [-0.2, -0.15) is 0 Å². The van der Waals surface area contributed by atoms with Crippen molar-refractivity contribution in [3.63, 3.8) is 0 Å². The van der Waals surface area contributed by atoms with Crippen LogP contribution in [0, 0.1) is 0 Å². The van der Waals surface area contributed by atoms with Crippen LogP contribution >= 0.6 is 0 Å². The van der Waals surface area contributed by atoms with Crippen LogP contribution in [-0.4, -0.2) is 48.8 Å². The summed E-state index contributed by atoms with van der Waals surface area (Å²) >= 11 is 0. The van der Waals surface area contributed by atoms with Gasteiger partial charge in [0.05, 0.1) is 5.41 Å². The number of amides is 4. The van der Waals surface area contributed by atoms with Crippen molar-refractivity contribution >= 4 is 47.1 Å². The van der Waals surface area contributed by atoms with Gasteiger partial charge in [-0.3, -0.25) is 21.3 Å². The first-order valence-electron chi connectivity index (χ1n) is 19.6. The van der Waals surface area contributed by atoms with Crippen LogP contribution in [-0.2, 0) is 24.4 Å². The molecule has 0 fully saturated rings. The lowest BCUT2D eigenvalue weighted by Gasteiger charge is -2.37. The lowest BCUT2D eigenvalue weighted by atomic mass is 9.65. The van der Waals surface area contributed by atoms with Gasteiger partial charge in [0.25, 0.3) is 0 Å². The summed E-state index contributed by atoms with van der Waals surface area (Å²) in [5, 5.41) is 11.3. The average Bonchev–Trinajstić information content (AvgIpc) is 3.20. The van der Waals surface area contributed by atoms with E-state index < -0.39 is 29.8 Å². The predicted molar refractivity (Wildman–Crippen MR) is 224 cm³/mol. The van der Waals surface area contributed by atoms with Crippen LogP contribution in [0.1, 0.15) is 103 Å². The number of carbonyl (C=O) groups excluding carboxylic acids is 4. The van der Waals surface area contributed by atoms with Crippen molar-refractivity contribution in [3.05, 3.63) is 119 Å². The van der Waals surface area contributed by atoms with Gasteiger partial charge in [-0.15, -0.1) is 0 Å². The van der Waals surface area contributed by atoms with Gasteiger partial charge in [-0.25, -0.2) is 19.2 Å². The fourth-order valence-corrected chi connectivity index (χ4v) is 5.87. The monoisotopic (exact) mass is 780 g/mol. The Labute approximate surface area is 336 Å². The lowest BCUT2D eigenvalue weighted by Crippen LogP contribution is -2.31. The van der Waals surface area contributed by atoms with Crippen LogP contribution in [0.15, 0.2) is 97.1 Å². The molecule has 4 rings (SSSR count). The number of carbonyl (C=O) groups is 4. The standard InChI is InChI=1S/C45H56N4O8/c1-9-29(5)54-41(50)46-37-21-13-33(14-22-37)45(34-15-23-38(24-16-34)47-42(51)55-30(6)10-2,35-17-25-39(26-18-35)48-43(52)56-31(7)11-3)36-19-27-40(28-20-36)49-44(53)57-32(8)12-4/h13-32H,9-12H2,1-8H3,(H,46,50)(H,47,51)(H,48,52)(H,49,53)/t29-,30-,31-,32-/m1/s1. The van der Waals surface area contributed by atoms with E-state index in [0.717, 1.165) is 22.3 Å². The molecule has 12 nitrogen and oxygen atoms in total. The first-order chi connectivity index (χ1) is 27.3. The maximum Gasteiger partial charge on any atom is 0.411 e. The Morgan fingerprint density at radius 1 is 0.386 bits per heavy atom. The van der Waals surface area contributed by atoms with Crippen molar-refractivity contribution in [1.82, 2.24) is 0 Å². The minimum absolute atomic E-state index is 0.241. The van der Waals surface area contributed by atoms with Crippen molar-refractivity contribution in [2.45, 2.75) is 111 Å². The summed E-state index contributed by atoms with van der Waals surface area (Å²) in [5.74, 6) is 0. The van der Waals surface area contributed by atoms with Crippen molar-refractivity contribution in [3.8, 4) is 0 Å². The van der Waals surface area contributed by atoms with Gasteiger partial charge in [-0.1, -0.05) is 76.2 Å². The van der Waals surface area contributed by atoms with E-state index in [9.17, 15) is 19.2 Å². The van der Waals surface area contributed by atoms with E-state index in [1.807, 2.05) is 152 Å². The SMILES string of the molecule is CC[C@@H](C)OC(=O)Nc1ccc(C(c2ccc(NC(=O)O[C@H](C)CC)cc2)(c2ccc(NC(=O)O[C@H](C)CC)cc2)c2ccc(NC(=O)O[C@H](C)CC)cc2)cc1. The Morgan fingerprint density at radius 3 is 0.719 bits per heavy atom. The van der Waals surface area contributed by atoms with Gasteiger partial charge in [0.1, 0.15) is 24.4 Å². The summed E-state index contributed by atoms with van der Waals surface area (Å²) in [7, 11) is 0. The molecule has 57 heavy (non-hydrogen) atoms. The molecule has 4 N–H and O–H groups in total. The van der Waals surface area contributed by atoms with Crippen molar-refractivity contribution in [2.75, 3.05) is 21.3 Å². The van der Waals surface area contributed by atoms with Crippen molar-refractivity contribution in [2.24, 2.45) is 0 Å². The number of ether oxygens (including phenoxy) is 4. The maximum atomic E-state index is 12.6. The molecule has 0 bridgehead atoms. The molecule has 0 saturated heterocycles. The molecule has 0 saturated carbocycles. The zero-order chi connectivity index (χ0) is 41.5. The second-order valence-electron chi connectivity index (χ2n) is 14.1. The molecular weight excluding hydrogens is 725 g/mol. The summed E-state index contributed by atoms with van der Waals surface area (Å²) in [4.78, 5) is 50.5. The third-order valence-electron chi connectivity index (χ3n) is 9.79. The molecule has 0 aliphatic rings. The first kappa shape index (κ1) is 43.7. The highest BCUT2D eigenvalue weighted by Gasteiger charge is 2.39. The smallest absolute Gasteiger partial charge is 0.411 e. The maximum absolute atomic E-state index is 12.6. The second kappa shape index (κ2) is 20.8. The third-order valence-corrected chi connectivity index (χ3v) is 9.79. The molecule has 0 heterocycles. The van der Waals surface area contributed by atoms with Gasteiger partial charge in [-0.05, 0) is 124 Å². The zero-order valence-corrected chi connectivity index (χ0v) is 34.1. The molecule has 0 radical (unpaired) electrons. The largest absolute Gasteiger partial charge is 0.446 e. The third kappa shape index (κ3) is 12.0. The molecule has 0 aliphatic heterocycles. The molecule has 12 heteroatoms. The summed E-state index contributed by atoms with van der Waals surface area (Å²) in [5.41, 5.74) is 4.46. The molecule has 4 atom stereocenters.